The average molecular weight is 237 g/mol. The SMILES string of the molecule is NCc1cc(=O)[nH]nc1-c1ccc(F)c(F)c1. The molecule has 4 nitrogen and oxygen atoms in total. The van der Waals surface area contributed by atoms with Crippen LogP contribution in [-0.2, 0) is 6.54 Å². The fourth-order valence-electron chi connectivity index (χ4n) is 1.49. The lowest BCUT2D eigenvalue weighted by Crippen LogP contribution is -2.12. The minimum atomic E-state index is -0.974. The maximum atomic E-state index is 13.1. The van der Waals surface area contributed by atoms with Gasteiger partial charge < -0.3 is 5.73 Å². The maximum Gasteiger partial charge on any atom is 0.264 e. The van der Waals surface area contributed by atoms with E-state index in [9.17, 15) is 13.6 Å². The molecule has 2 aromatic rings. The van der Waals surface area contributed by atoms with Gasteiger partial charge in [-0.25, -0.2) is 13.9 Å². The van der Waals surface area contributed by atoms with Gasteiger partial charge in [-0.3, -0.25) is 4.79 Å². The number of benzene rings is 1. The van der Waals surface area contributed by atoms with Crippen molar-refractivity contribution in [2.45, 2.75) is 6.54 Å². The van der Waals surface area contributed by atoms with Gasteiger partial charge in [0.15, 0.2) is 11.6 Å². The Balaban J connectivity index is 2.59. The van der Waals surface area contributed by atoms with Gasteiger partial charge in [0.2, 0.25) is 0 Å². The summed E-state index contributed by atoms with van der Waals surface area (Å²) in [5, 5.41) is 6.01. The summed E-state index contributed by atoms with van der Waals surface area (Å²) in [6, 6.07) is 4.66. The summed E-state index contributed by atoms with van der Waals surface area (Å²) in [7, 11) is 0. The number of nitrogens with one attached hydrogen (secondary N) is 1. The van der Waals surface area contributed by atoms with E-state index in [-0.39, 0.29) is 6.54 Å². The lowest BCUT2D eigenvalue weighted by atomic mass is 10.1. The van der Waals surface area contributed by atoms with Gasteiger partial charge in [0.25, 0.3) is 5.56 Å². The molecule has 6 heteroatoms. The summed E-state index contributed by atoms with van der Waals surface area (Å²) < 4.78 is 25.9. The summed E-state index contributed by atoms with van der Waals surface area (Å²) in [4.78, 5) is 11.0. The quantitative estimate of drug-likeness (QED) is 0.823. The molecule has 1 heterocycles. The molecule has 1 aromatic carbocycles. The third kappa shape index (κ3) is 2.21. The number of H-pyrrole nitrogens is 1. The molecule has 17 heavy (non-hydrogen) atoms. The molecule has 0 aliphatic heterocycles. The van der Waals surface area contributed by atoms with Crippen LogP contribution in [0.15, 0.2) is 29.1 Å². The number of aromatic nitrogens is 2. The van der Waals surface area contributed by atoms with E-state index in [1.165, 1.54) is 12.1 Å². The van der Waals surface area contributed by atoms with Crippen molar-refractivity contribution in [1.29, 1.82) is 0 Å². The molecule has 0 saturated heterocycles. The molecular weight excluding hydrogens is 228 g/mol. The molecule has 0 aliphatic rings. The van der Waals surface area contributed by atoms with Crippen molar-refractivity contribution in [3.63, 3.8) is 0 Å². The van der Waals surface area contributed by atoms with Crippen LogP contribution in [0.4, 0.5) is 8.78 Å². The van der Waals surface area contributed by atoms with Gasteiger partial charge in [0.1, 0.15) is 0 Å². The molecule has 1 aromatic heterocycles. The van der Waals surface area contributed by atoms with Gasteiger partial charge in [0, 0.05) is 18.2 Å². The Hall–Kier alpha value is -2.08. The molecule has 2 rings (SSSR count). The Morgan fingerprint density at radius 3 is 2.65 bits per heavy atom. The van der Waals surface area contributed by atoms with Crippen LogP contribution >= 0.6 is 0 Å². The molecular formula is C11H9F2N3O. The van der Waals surface area contributed by atoms with Crippen LogP contribution in [0.1, 0.15) is 5.56 Å². The van der Waals surface area contributed by atoms with Crippen LogP contribution < -0.4 is 11.3 Å². The monoisotopic (exact) mass is 237 g/mol. The first-order valence-corrected chi connectivity index (χ1v) is 4.86. The van der Waals surface area contributed by atoms with E-state index in [0.717, 1.165) is 12.1 Å². The standard InChI is InChI=1S/C11H9F2N3O/c12-8-2-1-6(3-9(8)13)11-7(5-14)4-10(17)15-16-11/h1-4H,5,14H2,(H,15,17). The van der Waals surface area contributed by atoms with Gasteiger partial charge >= 0.3 is 0 Å². The normalized spacial score (nSPS) is 10.5. The highest BCUT2D eigenvalue weighted by atomic mass is 19.2. The molecule has 3 N–H and O–H groups in total. The minimum Gasteiger partial charge on any atom is -0.326 e. The van der Waals surface area contributed by atoms with Crippen LogP contribution in [0.25, 0.3) is 11.3 Å². The first kappa shape index (κ1) is 11.4. The van der Waals surface area contributed by atoms with Crippen molar-refractivity contribution in [2.24, 2.45) is 5.73 Å². The number of hydrogen-bond acceptors (Lipinski definition) is 3. The molecule has 0 fully saturated rings. The largest absolute Gasteiger partial charge is 0.326 e. The Labute approximate surface area is 95.1 Å². The van der Waals surface area contributed by atoms with Crippen molar-refractivity contribution in [3.05, 3.63) is 51.8 Å². The van der Waals surface area contributed by atoms with E-state index in [0.29, 0.717) is 16.8 Å². The van der Waals surface area contributed by atoms with Crippen LogP contribution in [0.5, 0.6) is 0 Å². The second-order valence-electron chi connectivity index (χ2n) is 3.44. The van der Waals surface area contributed by atoms with Crippen molar-refractivity contribution in [3.8, 4) is 11.3 Å². The van der Waals surface area contributed by atoms with E-state index in [4.69, 9.17) is 5.73 Å². The maximum absolute atomic E-state index is 13.1. The van der Waals surface area contributed by atoms with Crippen LogP contribution in [0, 0.1) is 11.6 Å². The van der Waals surface area contributed by atoms with Gasteiger partial charge in [-0.2, -0.15) is 5.10 Å². The fraction of sp³-hybridized carbons (Fsp3) is 0.0909. The predicted octanol–water partition coefficient (Wildman–Crippen LogP) is 1.17. The highest BCUT2D eigenvalue weighted by Crippen LogP contribution is 2.21. The number of nitrogens with two attached hydrogens (primary N) is 1. The summed E-state index contributed by atoms with van der Waals surface area (Å²) >= 11 is 0. The summed E-state index contributed by atoms with van der Waals surface area (Å²) in [6.07, 6.45) is 0. The number of nitrogens with zero attached hydrogens (tertiary/aromatic N) is 1. The van der Waals surface area contributed by atoms with Gasteiger partial charge in [-0.1, -0.05) is 0 Å². The van der Waals surface area contributed by atoms with Crippen LogP contribution in [0.2, 0.25) is 0 Å². The first-order chi connectivity index (χ1) is 8.11. The zero-order chi connectivity index (χ0) is 12.4. The van der Waals surface area contributed by atoms with E-state index < -0.39 is 17.2 Å². The lowest BCUT2D eigenvalue weighted by Gasteiger charge is -2.05. The molecule has 0 radical (unpaired) electrons. The second kappa shape index (κ2) is 4.42. The zero-order valence-corrected chi connectivity index (χ0v) is 8.71. The molecule has 0 unspecified atom stereocenters. The number of rotatable bonds is 2. The van der Waals surface area contributed by atoms with Crippen molar-refractivity contribution < 1.29 is 8.78 Å². The second-order valence-corrected chi connectivity index (χ2v) is 3.44. The van der Waals surface area contributed by atoms with Crippen LogP contribution in [0.3, 0.4) is 0 Å². The summed E-state index contributed by atoms with van der Waals surface area (Å²) in [6.45, 7) is 0.0885. The summed E-state index contributed by atoms with van der Waals surface area (Å²) in [5.74, 6) is -1.91. The lowest BCUT2D eigenvalue weighted by molar-refractivity contribution is 0.509. The highest BCUT2D eigenvalue weighted by Gasteiger charge is 2.10. The minimum absolute atomic E-state index is 0.0885. The Kier molecular flexibility index (Phi) is 2.97. The number of aromatic amines is 1. The smallest absolute Gasteiger partial charge is 0.264 e. The fourth-order valence-corrected chi connectivity index (χ4v) is 1.49. The van der Waals surface area contributed by atoms with E-state index >= 15 is 0 Å². The molecule has 0 aliphatic carbocycles. The van der Waals surface area contributed by atoms with Gasteiger partial charge in [-0.05, 0) is 23.8 Å². The third-order valence-corrected chi connectivity index (χ3v) is 2.30. The molecule has 0 amide bonds. The number of halogens is 2. The summed E-state index contributed by atoms with van der Waals surface area (Å²) in [5.41, 5.74) is 6.24. The Morgan fingerprint density at radius 2 is 2.00 bits per heavy atom. The Bertz CT molecular complexity index is 610. The van der Waals surface area contributed by atoms with Gasteiger partial charge in [0.05, 0.1) is 5.69 Å². The molecule has 88 valence electrons. The zero-order valence-electron chi connectivity index (χ0n) is 8.71. The highest BCUT2D eigenvalue weighted by molar-refractivity contribution is 5.62. The van der Waals surface area contributed by atoms with E-state index in [1.54, 1.807) is 0 Å². The number of hydrogen-bond donors (Lipinski definition) is 2. The van der Waals surface area contributed by atoms with Gasteiger partial charge in [-0.15, -0.1) is 0 Å². The topological polar surface area (TPSA) is 71.8 Å². The predicted molar refractivity (Wildman–Crippen MR) is 58.1 cm³/mol. The molecule has 0 spiro atoms. The average Bonchev–Trinajstić information content (AvgIpc) is 2.32. The molecule has 0 saturated carbocycles. The van der Waals surface area contributed by atoms with E-state index in [1.807, 2.05) is 0 Å². The van der Waals surface area contributed by atoms with Crippen molar-refractivity contribution >= 4 is 0 Å². The molecule has 0 bridgehead atoms. The Morgan fingerprint density at radius 1 is 1.24 bits per heavy atom. The van der Waals surface area contributed by atoms with Crippen LogP contribution in [-0.4, -0.2) is 10.2 Å². The third-order valence-electron chi connectivity index (χ3n) is 2.30. The van der Waals surface area contributed by atoms with Crippen molar-refractivity contribution in [2.75, 3.05) is 0 Å². The van der Waals surface area contributed by atoms with Crippen molar-refractivity contribution in [1.82, 2.24) is 10.2 Å². The van der Waals surface area contributed by atoms with E-state index in [2.05, 4.69) is 10.2 Å². The first-order valence-electron chi connectivity index (χ1n) is 4.86. The molecule has 0 atom stereocenters.